The fraction of sp³-hybridized carbons (Fsp3) is 0.667. The minimum atomic E-state index is -0.206. The quantitative estimate of drug-likeness (QED) is 0.819. The Morgan fingerprint density at radius 3 is 2.52 bits per heavy atom. The molecule has 2 rings (SSSR count). The molecular weight excluding hydrogens is 263 g/mol. The highest BCUT2D eigenvalue weighted by atomic mass is 19.1. The largest absolute Gasteiger partial charge is 0.324 e. The third kappa shape index (κ3) is 4.79. The summed E-state index contributed by atoms with van der Waals surface area (Å²) >= 11 is 0. The van der Waals surface area contributed by atoms with E-state index in [1.54, 1.807) is 6.07 Å². The second-order valence-corrected chi connectivity index (χ2v) is 6.74. The predicted molar refractivity (Wildman–Crippen MR) is 86.6 cm³/mol. The van der Waals surface area contributed by atoms with Gasteiger partial charge in [-0.15, -0.1) is 0 Å². The molecule has 118 valence electrons. The molecule has 0 aromatic heterocycles. The first kappa shape index (κ1) is 16.4. The van der Waals surface area contributed by atoms with E-state index in [2.05, 4.69) is 18.7 Å². The molecule has 0 bridgehead atoms. The van der Waals surface area contributed by atoms with E-state index in [1.807, 2.05) is 12.1 Å². The molecule has 1 aromatic carbocycles. The van der Waals surface area contributed by atoms with E-state index in [4.69, 9.17) is 5.73 Å². The number of halogens is 1. The second-order valence-electron chi connectivity index (χ2n) is 6.74. The van der Waals surface area contributed by atoms with E-state index in [0.717, 1.165) is 19.5 Å². The summed E-state index contributed by atoms with van der Waals surface area (Å²) in [5.41, 5.74) is 6.85. The van der Waals surface area contributed by atoms with Crippen molar-refractivity contribution in [3.8, 4) is 0 Å². The van der Waals surface area contributed by atoms with Crippen molar-refractivity contribution in [2.45, 2.75) is 58.0 Å². The van der Waals surface area contributed by atoms with Crippen molar-refractivity contribution in [3.63, 3.8) is 0 Å². The Kier molecular flexibility index (Phi) is 6.19. The zero-order valence-corrected chi connectivity index (χ0v) is 13.4. The van der Waals surface area contributed by atoms with Crippen LogP contribution in [0.2, 0.25) is 0 Å². The van der Waals surface area contributed by atoms with Crippen LogP contribution in [0.4, 0.5) is 4.39 Å². The SMILES string of the molecule is CC(C)CN(CCC(N)c1ccccc1F)C1CCCC1. The molecule has 1 aliphatic carbocycles. The molecule has 2 N–H and O–H groups in total. The topological polar surface area (TPSA) is 29.3 Å². The summed E-state index contributed by atoms with van der Waals surface area (Å²) in [5.74, 6) is 0.483. The van der Waals surface area contributed by atoms with Crippen LogP contribution in [-0.4, -0.2) is 24.0 Å². The Morgan fingerprint density at radius 2 is 1.90 bits per heavy atom. The Labute approximate surface area is 128 Å². The summed E-state index contributed by atoms with van der Waals surface area (Å²) in [6.45, 7) is 6.62. The van der Waals surface area contributed by atoms with Crippen molar-refractivity contribution in [1.29, 1.82) is 0 Å². The maximum Gasteiger partial charge on any atom is 0.127 e. The Morgan fingerprint density at radius 1 is 1.24 bits per heavy atom. The van der Waals surface area contributed by atoms with Crippen LogP contribution in [0.1, 0.15) is 57.6 Å². The number of nitrogens with zero attached hydrogens (tertiary/aromatic N) is 1. The summed E-state index contributed by atoms with van der Waals surface area (Å²) in [5, 5.41) is 0. The Balaban J connectivity index is 1.92. The monoisotopic (exact) mass is 292 g/mol. The first-order valence-electron chi connectivity index (χ1n) is 8.32. The first-order valence-corrected chi connectivity index (χ1v) is 8.32. The Bertz CT molecular complexity index is 427. The van der Waals surface area contributed by atoms with E-state index < -0.39 is 0 Å². The number of benzene rings is 1. The highest BCUT2D eigenvalue weighted by Crippen LogP contribution is 2.26. The third-order valence-corrected chi connectivity index (χ3v) is 4.47. The van der Waals surface area contributed by atoms with E-state index in [1.165, 1.54) is 31.7 Å². The smallest absolute Gasteiger partial charge is 0.127 e. The van der Waals surface area contributed by atoms with Crippen LogP contribution in [0.25, 0.3) is 0 Å². The molecule has 0 saturated heterocycles. The summed E-state index contributed by atoms with van der Waals surface area (Å²) < 4.78 is 13.8. The third-order valence-electron chi connectivity index (χ3n) is 4.47. The van der Waals surface area contributed by atoms with Gasteiger partial charge in [0.1, 0.15) is 5.82 Å². The molecule has 21 heavy (non-hydrogen) atoms. The van der Waals surface area contributed by atoms with Gasteiger partial charge in [0, 0.05) is 30.7 Å². The second kappa shape index (κ2) is 7.90. The molecule has 0 heterocycles. The zero-order chi connectivity index (χ0) is 15.2. The van der Waals surface area contributed by atoms with Crippen LogP contribution >= 0.6 is 0 Å². The molecule has 1 aromatic rings. The average Bonchev–Trinajstić information content (AvgIpc) is 2.97. The van der Waals surface area contributed by atoms with Crippen LogP contribution in [0.3, 0.4) is 0 Å². The molecule has 1 saturated carbocycles. The maximum absolute atomic E-state index is 13.8. The average molecular weight is 292 g/mol. The van der Waals surface area contributed by atoms with Crippen LogP contribution in [0.5, 0.6) is 0 Å². The molecule has 0 radical (unpaired) electrons. The van der Waals surface area contributed by atoms with Gasteiger partial charge in [-0.1, -0.05) is 44.9 Å². The van der Waals surface area contributed by atoms with Crippen LogP contribution < -0.4 is 5.73 Å². The summed E-state index contributed by atoms with van der Waals surface area (Å²) in [6, 6.07) is 7.39. The van der Waals surface area contributed by atoms with Gasteiger partial charge in [0.2, 0.25) is 0 Å². The number of hydrogen-bond acceptors (Lipinski definition) is 2. The molecule has 3 heteroatoms. The normalized spacial score (nSPS) is 17.8. The number of nitrogens with two attached hydrogens (primary N) is 1. The van der Waals surface area contributed by atoms with Crippen molar-refractivity contribution in [2.24, 2.45) is 11.7 Å². The fourth-order valence-electron chi connectivity index (χ4n) is 3.40. The molecule has 1 aliphatic rings. The van der Waals surface area contributed by atoms with Gasteiger partial charge in [0.05, 0.1) is 0 Å². The zero-order valence-electron chi connectivity index (χ0n) is 13.4. The minimum absolute atomic E-state index is 0.179. The molecule has 2 nitrogen and oxygen atoms in total. The summed E-state index contributed by atoms with van der Waals surface area (Å²) in [7, 11) is 0. The van der Waals surface area contributed by atoms with Crippen molar-refractivity contribution >= 4 is 0 Å². The van der Waals surface area contributed by atoms with Gasteiger partial charge in [-0.05, 0) is 31.2 Å². The fourth-order valence-corrected chi connectivity index (χ4v) is 3.40. The lowest BCUT2D eigenvalue weighted by Crippen LogP contribution is -2.38. The van der Waals surface area contributed by atoms with Crippen molar-refractivity contribution < 1.29 is 4.39 Å². The maximum atomic E-state index is 13.8. The molecule has 1 fully saturated rings. The highest BCUT2D eigenvalue weighted by Gasteiger charge is 2.23. The van der Waals surface area contributed by atoms with Gasteiger partial charge in [0.25, 0.3) is 0 Å². The van der Waals surface area contributed by atoms with E-state index >= 15 is 0 Å². The minimum Gasteiger partial charge on any atom is -0.324 e. The van der Waals surface area contributed by atoms with E-state index in [0.29, 0.717) is 17.5 Å². The van der Waals surface area contributed by atoms with Crippen molar-refractivity contribution in [3.05, 3.63) is 35.6 Å². The van der Waals surface area contributed by atoms with E-state index in [9.17, 15) is 4.39 Å². The predicted octanol–water partition coefficient (Wildman–Crippen LogP) is 4.12. The van der Waals surface area contributed by atoms with Gasteiger partial charge in [-0.2, -0.15) is 0 Å². The lowest BCUT2D eigenvalue weighted by Gasteiger charge is -2.31. The molecule has 0 spiro atoms. The van der Waals surface area contributed by atoms with E-state index in [-0.39, 0.29) is 11.9 Å². The van der Waals surface area contributed by atoms with Gasteiger partial charge in [-0.25, -0.2) is 4.39 Å². The molecule has 1 atom stereocenters. The standard InChI is InChI=1S/C18H29FN2/c1-14(2)13-21(15-7-3-4-8-15)12-11-18(20)16-9-5-6-10-17(16)19/h5-6,9-10,14-15,18H,3-4,7-8,11-13,20H2,1-2H3. The van der Waals surface area contributed by atoms with Crippen LogP contribution in [0, 0.1) is 11.7 Å². The lowest BCUT2D eigenvalue weighted by atomic mass is 10.0. The number of rotatable bonds is 7. The van der Waals surface area contributed by atoms with Gasteiger partial charge in [-0.3, -0.25) is 0 Å². The van der Waals surface area contributed by atoms with Crippen molar-refractivity contribution in [1.82, 2.24) is 4.90 Å². The van der Waals surface area contributed by atoms with Gasteiger partial charge >= 0.3 is 0 Å². The van der Waals surface area contributed by atoms with Gasteiger partial charge < -0.3 is 10.6 Å². The molecule has 0 aliphatic heterocycles. The molecular formula is C18H29FN2. The first-order chi connectivity index (χ1) is 10.1. The summed E-state index contributed by atoms with van der Waals surface area (Å²) in [6.07, 6.45) is 6.13. The molecule has 0 amide bonds. The number of hydrogen-bond donors (Lipinski definition) is 1. The van der Waals surface area contributed by atoms with Crippen LogP contribution in [-0.2, 0) is 0 Å². The Hall–Kier alpha value is -0.930. The van der Waals surface area contributed by atoms with Gasteiger partial charge in [0.15, 0.2) is 0 Å². The van der Waals surface area contributed by atoms with Crippen LogP contribution in [0.15, 0.2) is 24.3 Å². The lowest BCUT2D eigenvalue weighted by molar-refractivity contribution is 0.171. The van der Waals surface area contributed by atoms with Crippen molar-refractivity contribution in [2.75, 3.05) is 13.1 Å². The summed E-state index contributed by atoms with van der Waals surface area (Å²) in [4.78, 5) is 2.58. The highest BCUT2D eigenvalue weighted by molar-refractivity contribution is 5.20. The molecule has 1 unspecified atom stereocenters.